The van der Waals surface area contributed by atoms with Gasteiger partial charge < -0.3 is 15.4 Å². The Morgan fingerprint density at radius 1 is 1.26 bits per heavy atom. The van der Waals surface area contributed by atoms with Crippen LogP contribution in [0.3, 0.4) is 0 Å². The zero-order valence-corrected chi connectivity index (χ0v) is 16.0. The number of urea groups is 1. The minimum Gasteiger partial charge on any atom is -0.497 e. The molecule has 7 nitrogen and oxygen atoms in total. The van der Waals surface area contributed by atoms with Crippen molar-refractivity contribution >= 4 is 29.2 Å². The number of ether oxygens (including phenoxy) is 1. The minimum absolute atomic E-state index is 0.306. The van der Waals surface area contributed by atoms with Crippen LogP contribution in [0.4, 0.5) is 4.79 Å². The standard InChI is InChI=1S/C19H21N3O4S/c1-19(14-3-5-15(26-2)6-4-14)17(24)22(18(25)21-19)11-16(23)20-9-7-13-8-10-27-12-13/h3-6,8,10,12H,7,9,11H2,1-2H3,(H,20,23)(H,21,25). The van der Waals surface area contributed by atoms with Crippen LogP contribution in [0.25, 0.3) is 0 Å². The molecule has 3 rings (SSSR count). The molecule has 1 fully saturated rings. The van der Waals surface area contributed by atoms with Gasteiger partial charge in [0.15, 0.2) is 0 Å². The Balaban J connectivity index is 1.61. The van der Waals surface area contributed by atoms with Crippen molar-refractivity contribution in [3.8, 4) is 5.75 Å². The molecule has 1 aromatic heterocycles. The maximum Gasteiger partial charge on any atom is 0.325 e. The zero-order valence-electron chi connectivity index (χ0n) is 15.2. The highest BCUT2D eigenvalue weighted by atomic mass is 32.1. The Labute approximate surface area is 161 Å². The molecule has 1 unspecified atom stereocenters. The van der Waals surface area contributed by atoms with Crippen molar-refractivity contribution < 1.29 is 19.1 Å². The van der Waals surface area contributed by atoms with E-state index in [0.29, 0.717) is 24.3 Å². The highest BCUT2D eigenvalue weighted by molar-refractivity contribution is 7.07. The maximum atomic E-state index is 12.8. The van der Waals surface area contributed by atoms with E-state index in [9.17, 15) is 14.4 Å². The van der Waals surface area contributed by atoms with Crippen molar-refractivity contribution in [3.05, 3.63) is 52.2 Å². The third-order valence-corrected chi connectivity index (χ3v) is 5.29. The predicted molar refractivity (Wildman–Crippen MR) is 102 cm³/mol. The number of carbonyl (C=O) groups excluding carboxylic acids is 3. The van der Waals surface area contributed by atoms with Gasteiger partial charge in [-0.05, 0) is 53.4 Å². The van der Waals surface area contributed by atoms with E-state index in [1.165, 1.54) is 0 Å². The second-order valence-corrected chi connectivity index (χ2v) is 7.19. The summed E-state index contributed by atoms with van der Waals surface area (Å²) in [5, 5.41) is 9.43. The van der Waals surface area contributed by atoms with Gasteiger partial charge in [0.05, 0.1) is 7.11 Å². The zero-order chi connectivity index (χ0) is 19.4. The first-order chi connectivity index (χ1) is 12.9. The molecular weight excluding hydrogens is 366 g/mol. The van der Waals surface area contributed by atoms with Crippen molar-refractivity contribution in [1.82, 2.24) is 15.5 Å². The molecule has 1 aromatic carbocycles. The summed E-state index contributed by atoms with van der Waals surface area (Å²) in [5.74, 6) is -0.167. The van der Waals surface area contributed by atoms with Crippen LogP contribution in [0.2, 0.25) is 0 Å². The topological polar surface area (TPSA) is 87.7 Å². The summed E-state index contributed by atoms with van der Waals surface area (Å²) in [6, 6.07) is 8.31. The Morgan fingerprint density at radius 3 is 2.63 bits per heavy atom. The normalized spacial score (nSPS) is 19.1. The van der Waals surface area contributed by atoms with Crippen LogP contribution in [0.5, 0.6) is 5.75 Å². The second-order valence-electron chi connectivity index (χ2n) is 6.41. The molecule has 2 N–H and O–H groups in total. The summed E-state index contributed by atoms with van der Waals surface area (Å²) >= 11 is 1.60. The average molecular weight is 387 g/mol. The summed E-state index contributed by atoms with van der Waals surface area (Å²) in [7, 11) is 1.55. The molecule has 1 aliphatic rings. The largest absolute Gasteiger partial charge is 0.497 e. The van der Waals surface area contributed by atoms with Gasteiger partial charge in [0.25, 0.3) is 5.91 Å². The van der Waals surface area contributed by atoms with Gasteiger partial charge in [0.2, 0.25) is 5.91 Å². The average Bonchev–Trinajstić information content (AvgIpc) is 3.25. The first kappa shape index (κ1) is 18.9. The number of imide groups is 1. The summed E-state index contributed by atoms with van der Waals surface area (Å²) in [5.41, 5.74) is 0.560. The lowest BCUT2D eigenvalue weighted by molar-refractivity contribution is -0.134. The van der Waals surface area contributed by atoms with E-state index in [4.69, 9.17) is 4.74 Å². The van der Waals surface area contributed by atoms with Gasteiger partial charge in [-0.25, -0.2) is 4.79 Å². The molecule has 27 heavy (non-hydrogen) atoms. The third-order valence-electron chi connectivity index (χ3n) is 4.56. The van der Waals surface area contributed by atoms with E-state index in [0.717, 1.165) is 10.5 Å². The number of hydrogen-bond acceptors (Lipinski definition) is 5. The van der Waals surface area contributed by atoms with Gasteiger partial charge in [0.1, 0.15) is 17.8 Å². The van der Waals surface area contributed by atoms with E-state index < -0.39 is 17.5 Å². The lowest BCUT2D eigenvalue weighted by atomic mass is 9.92. The van der Waals surface area contributed by atoms with Crippen molar-refractivity contribution in [1.29, 1.82) is 0 Å². The van der Waals surface area contributed by atoms with Gasteiger partial charge in [-0.2, -0.15) is 11.3 Å². The van der Waals surface area contributed by atoms with Crippen LogP contribution in [0.15, 0.2) is 41.1 Å². The van der Waals surface area contributed by atoms with Crippen molar-refractivity contribution in [2.75, 3.05) is 20.2 Å². The van der Waals surface area contributed by atoms with E-state index >= 15 is 0 Å². The van der Waals surface area contributed by atoms with Gasteiger partial charge in [-0.3, -0.25) is 14.5 Å². The number of amides is 4. The first-order valence-electron chi connectivity index (χ1n) is 8.50. The highest BCUT2D eigenvalue weighted by Gasteiger charge is 2.49. The second kappa shape index (κ2) is 7.79. The van der Waals surface area contributed by atoms with Gasteiger partial charge in [-0.15, -0.1) is 0 Å². The monoisotopic (exact) mass is 387 g/mol. The van der Waals surface area contributed by atoms with E-state index in [1.807, 2.05) is 16.8 Å². The molecule has 0 radical (unpaired) electrons. The Morgan fingerprint density at radius 2 is 2.00 bits per heavy atom. The number of methoxy groups -OCH3 is 1. The van der Waals surface area contributed by atoms with Crippen LogP contribution in [-0.2, 0) is 21.5 Å². The lowest BCUT2D eigenvalue weighted by Gasteiger charge is -2.22. The van der Waals surface area contributed by atoms with Crippen LogP contribution in [0.1, 0.15) is 18.1 Å². The van der Waals surface area contributed by atoms with Crippen LogP contribution < -0.4 is 15.4 Å². The Hall–Kier alpha value is -2.87. The molecule has 142 valence electrons. The number of nitrogens with zero attached hydrogens (tertiary/aromatic N) is 1. The quantitative estimate of drug-likeness (QED) is 0.710. The SMILES string of the molecule is COc1ccc(C2(C)NC(=O)N(CC(=O)NCCc3ccsc3)C2=O)cc1. The molecule has 0 saturated carbocycles. The molecule has 2 aromatic rings. The molecule has 2 heterocycles. The number of nitrogens with one attached hydrogen (secondary N) is 2. The van der Waals surface area contributed by atoms with Crippen LogP contribution in [0, 0.1) is 0 Å². The number of benzene rings is 1. The maximum absolute atomic E-state index is 12.8. The van der Waals surface area contributed by atoms with E-state index in [1.54, 1.807) is 49.6 Å². The molecule has 0 spiro atoms. The minimum atomic E-state index is -1.21. The van der Waals surface area contributed by atoms with Gasteiger partial charge in [-0.1, -0.05) is 12.1 Å². The predicted octanol–water partition coefficient (Wildman–Crippen LogP) is 1.88. The first-order valence-corrected chi connectivity index (χ1v) is 9.45. The molecule has 8 heteroatoms. The van der Waals surface area contributed by atoms with Crippen molar-refractivity contribution in [2.24, 2.45) is 0 Å². The van der Waals surface area contributed by atoms with Crippen molar-refractivity contribution in [3.63, 3.8) is 0 Å². The summed E-state index contributed by atoms with van der Waals surface area (Å²) in [6.07, 6.45) is 0.707. The lowest BCUT2D eigenvalue weighted by Crippen LogP contribution is -2.43. The number of thiophene rings is 1. The number of rotatable bonds is 7. The molecule has 1 atom stereocenters. The summed E-state index contributed by atoms with van der Waals surface area (Å²) in [6.45, 7) is 1.78. The fraction of sp³-hybridized carbons (Fsp3) is 0.316. The van der Waals surface area contributed by atoms with Gasteiger partial charge >= 0.3 is 6.03 Å². The molecule has 4 amide bonds. The number of carbonyl (C=O) groups is 3. The van der Waals surface area contributed by atoms with E-state index in [-0.39, 0.29) is 12.5 Å². The van der Waals surface area contributed by atoms with Crippen LogP contribution in [-0.4, -0.2) is 42.9 Å². The van der Waals surface area contributed by atoms with E-state index in [2.05, 4.69) is 10.6 Å². The number of hydrogen-bond donors (Lipinski definition) is 2. The van der Waals surface area contributed by atoms with Crippen LogP contribution >= 0.6 is 11.3 Å². The smallest absolute Gasteiger partial charge is 0.325 e. The molecule has 1 aliphatic heterocycles. The molecule has 0 aliphatic carbocycles. The summed E-state index contributed by atoms with van der Waals surface area (Å²) < 4.78 is 5.12. The summed E-state index contributed by atoms with van der Waals surface area (Å²) in [4.78, 5) is 38.2. The Kier molecular flexibility index (Phi) is 5.46. The highest BCUT2D eigenvalue weighted by Crippen LogP contribution is 2.29. The third kappa shape index (κ3) is 3.95. The molecular formula is C19H21N3O4S. The fourth-order valence-electron chi connectivity index (χ4n) is 2.94. The fourth-order valence-corrected chi connectivity index (χ4v) is 3.64. The molecule has 1 saturated heterocycles. The van der Waals surface area contributed by atoms with Gasteiger partial charge in [0, 0.05) is 6.54 Å². The molecule has 0 bridgehead atoms. The van der Waals surface area contributed by atoms with Crippen molar-refractivity contribution in [2.45, 2.75) is 18.9 Å². The Bertz CT molecular complexity index is 835.